The molecule has 0 aromatic heterocycles. The molecule has 0 radical (unpaired) electrons. The average molecular weight is 397 g/mol. The molecule has 1 N–H and O–H groups in total. The van der Waals surface area contributed by atoms with Gasteiger partial charge in [-0.2, -0.15) is 0 Å². The van der Waals surface area contributed by atoms with Crippen molar-refractivity contribution in [2.45, 2.75) is 13.0 Å². The highest BCUT2D eigenvalue weighted by Gasteiger charge is 2.18. The van der Waals surface area contributed by atoms with E-state index in [1.54, 1.807) is 12.1 Å². The molecule has 9 heteroatoms. The van der Waals surface area contributed by atoms with Crippen LogP contribution < -0.4 is 14.8 Å². The van der Waals surface area contributed by atoms with Crippen LogP contribution in [-0.2, 0) is 6.54 Å². The summed E-state index contributed by atoms with van der Waals surface area (Å²) in [5.74, 6) is 0.482. The van der Waals surface area contributed by atoms with Gasteiger partial charge in [0.2, 0.25) is 0 Å². The van der Waals surface area contributed by atoms with Crippen molar-refractivity contribution in [1.29, 1.82) is 0 Å². The Labute approximate surface area is 159 Å². The van der Waals surface area contributed by atoms with Gasteiger partial charge in [0.1, 0.15) is 0 Å². The Morgan fingerprint density at radius 1 is 1.15 bits per heavy atom. The molecule has 0 saturated carbocycles. The van der Waals surface area contributed by atoms with Gasteiger partial charge in [-0.25, -0.2) is 0 Å². The molecular formula is C17H14Cl2N2O5. The summed E-state index contributed by atoms with van der Waals surface area (Å²) in [6.45, 7) is 1.19. The zero-order valence-corrected chi connectivity index (χ0v) is 15.0. The van der Waals surface area contributed by atoms with Crippen LogP contribution >= 0.6 is 23.2 Å². The lowest BCUT2D eigenvalue weighted by Crippen LogP contribution is -2.23. The van der Waals surface area contributed by atoms with E-state index in [9.17, 15) is 14.9 Å². The number of amides is 1. The maximum absolute atomic E-state index is 12.3. The highest BCUT2D eigenvalue weighted by atomic mass is 35.5. The molecule has 0 saturated heterocycles. The van der Waals surface area contributed by atoms with Crippen LogP contribution in [0.1, 0.15) is 22.3 Å². The number of halogens is 2. The first-order valence-corrected chi connectivity index (χ1v) is 8.51. The van der Waals surface area contributed by atoms with E-state index in [0.717, 1.165) is 12.5 Å². The van der Waals surface area contributed by atoms with E-state index in [-0.39, 0.29) is 22.8 Å². The van der Waals surface area contributed by atoms with Crippen LogP contribution in [-0.4, -0.2) is 24.0 Å². The van der Waals surface area contributed by atoms with Gasteiger partial charge < -0.3 is 14.8 Å². The molecule has 2 aromatic rings. The zero-order chi connectivity index (χ0) is 18.7. The minimum absolute atomic E-state index is 0.0290. The monoisotopic (exact) mass is 396 g/mol. The van der Waals surface area contributed by atoms with Crippen molar-refractivity contribution in [1.82, 2.24) is 5.32 Å². The van der Waals surface area contributed by atoms with Gasteiger partial charge in [0.15, 0.2) is 11.5 Å². The number of hydrogen-bond donors (Lipinski definition) is 1. The summed E-state index contributed by atoms with van der Waals surface area (Å²) in [7, 11) is 0. The van der Waals surface area contributed by atoms with Crippen molar-refractivity contribution in [3.05, 3.63) is 61.6 Å². The smallest absolute Gasteiger partial charge is 0.270 e. The second kappa shape index (κ2) is 7.80. The van der Waals surface area contributed by atoms with E-state index in [0.29, 0.717) is 35.3 Å². The predicted octanol–water partition coefficient (Wildman–Crippen LogP) is 3.99. The zero-order valence-electron chi connectivity index (χ0n) is 13.5. The van der Waals surface area contributed by atoms with E-state index in [1.165, 1.54) is 12.1 Å². The number of benzene rings is 2. The minimum atomic E-state index is -0.587. The van der Waals surface area contributed by atoms with Crippen molar-refractivity contribution < 1.29 is 19.2 Å². The topological polar surface area (TPSA) is 90.7 Å². The molecule has 0 aliphatic carbocycles. The number of carbonyl (C=O) groups excluding carboxylic acids is 1. The second-order valence-electron chi connectivity index (χ2n) is 5.56. The first-order chi connectivity index (χ1) is 12.5. The van der Waals surface area contributed by atoms with Crippen molar-refractivity contribution in [2.75, 3.05) is 13.2 Å². The van der Waals surface area contributed by atoms with Crippen LogP contribution in [0, 0.1) is 10.1 Å². The predicted molar refractivity (Wildman–Crippen MR) is 96.3 cm³/mol. The van der Waals surface area contributed by atoms with E-state index in [1.807, 2.05) is 0 Å². The molecule has 0 unspecified atom stereocenters. The number of ether oxygens (including phenoxy) is 2. The molecule has 0 fully saturated rings. The Kier molecular flexibility index (Phi) is 5.49. The fourth-order valence-corrected chi connectivity index (χ4v) is 2.96. The molecule has 7 nitrogen and oxygen atoms in total. The van der Waals surface area contributed by atoms with Crippen molar-refractivity contribution >= 4 is 34.8 Å². The third kappa shape index (κ3) is 4.00. The number of non-ortho nitro benzene ring substituents is 1. The van der Waals surface area contributed by atoms with Crippen LogP contribution in [0.15, 0.2) is 30.3 Å². The molecular weight excluding hydrogens is 383 g/mol. The maximum atomic E-state index is 12.3. The quantitative estimate of drug-likeness (QED) is 0.622. The van der Waals surface area contributed by atoms with Gasteiger partial charge in [-0.1, -0.05) is 23.2 Å². The summed E-state index contributed by atoms with van der Waals surface area (Å²) in [4.78, 5) is 22.6. The molecule has 26 heavy (non-hydrogen) atoms. The number of nitro groups is 1. The fourth-order valence-electron chi connectivity index (χ4n) is 2.46. The summed E-state index contributed by atoms with van der Waals surface area (Å²) in [5, 5.41) is 14.0. The highest BCUT2D eigenvalue weighted by Crippen LogP contribution is 2.38. The third-order valence-corrected chi connectivity index (χ3v) is 4.33. The molecule has 1 amide bonds. The number of nitrogens with zero attached hydrogens (tertiary/aromatic N) is 1. The van der Waals surface area contributed by atoms with Crippen LogP contribution in [0.25, 0.3) is 0 Å². The SMILES string of the molecule is O=C(NCc1cc(Cl)c2c(c1)OCCCO2)c1cc([N+](=O)[O-])ccc1Cl. The molecule has 1 aliphatic heterocycles. The molecule has 3 rings (SSSR count). The second-order valence-corrected chi connectivity index (χ2v) is 6.37. The van der Waals surface area contributed by atoms with Crippen molar-refractivity contribution in [3.8, 4) is 11.5 Å². The van der Waals surface area contributed by atoms with Crippen molar-refractivity contribution in [3.63, 3.8) is 0 Å². The van der Waals surface area contributed by atoms with Gasteiger partial charge in [0.05, 0.1) is 33.7 Å². The number of rotatable bonds is 4. The lowest BCUT2D eigenvalue weighted by Gasteiger charge is -2.12. The average Bonchev–Trinajstić information content (AvgIpc) is 2.85. The standard InChI is InChI=1S/C17H14Cl2N2O5/c18-13-3-2-11(21(23)24)8-12(13)17(22)20-9-10-6-14(19)16-15(7-10)25-4-1-5-26-16/h2-3,6-8H,1,4-5,9H2,(H,20,22). The summed E-state index contributed by atoms with van der Waals surface area (Å²) in [5.41, 5.74) is 0.522. The molecule has 0 bridgehead atoms. The number of hydrogen-bond acceptors (Lipinski definition) is 5. The lowest BCUT2D eigenvalue weighted by molar-refractivity contribution is -0.384. The van der Waals surface area contributed by atoms with Gasteiger partial charge in [-0.15, -0.1) is 0 Å². The molecule has 2 aromatic carbocycles. The third-order valence-electron chi connectivity index (χ3n) is 3.72. The lowest BCUT2D eigenvalue weighted by atomic mass is 10.1. The summed E-state index contributed by atoms with van der Waals surface area (Å²) < 4.78 is 11.2. The number of nitrogens with one attached hydrogen (secondary N) is 1. The van der Waals surface area contributed by atoms with E-state index < -0.39 is 10.8 Å². The number of nitro benzene ring substituents is 1. The summed E-state index contributed by atoms with van der Waals surface area (Å²) in [6, 6.07) is 7.10. The summed E-state index contributed by atoms with van der Waals surface area (Å²) >= 11 is 12.2. The van der Waals surface area contributed by atoms with Gasteiger partial charge in [-0.3, -0.25) is 14.9 Å². The first-order valence-electron chi connectivity index (χ1n) is 7.76. The van der Waals surface area contributed by atoms with Crippen LogP contribution in [0.3, 0.4) is 0 Å². The normalized spacial score (nSPS) is 13.0. The van der Waals surface area contributed by atoms with Gasteiger partial charge in [0, 0.05) is 25.1 Å². The van der Waals surface area contributed by atoms with E-state index in [2.05, 4.69) is 5.32 Å². The van der Waals surface area contributed by atoms with Gasteiger partial charge >= 0.3 is 0 Å². The van der Waals surface area contributed by atoms with Crippen LogP contribution in [0.5, 0.6) is 11.5 Å². The highest BCUT2D eigenvalue weighted by molar-refractivity contribution is 6.34. The Bertz CT molecular complexity index is 872. The number of fused-ring (bicyclic) bond motifs is 1. The maximum Gasteiger partial charge on any atom is 0.270 e. The van der Waals surface area contributed by atoms with Gasteiger partial charge in [0.25, 0.3) is 11.6 Å². The van der Waals surface area contributed by atoms with Gasteiger partial charge in [-0.05, 0) is 23.8 Å². The Morgan fingerprint density at radius 3 is 2.69 bits per heavy atom. The van der Waals surface area contributed by atoms with E-state index >= 15 is 0 Å². The first kappa shape index (κ1) is 18.3. The fraction of sp³-hybridized carbons (Fsp3) is 0.235. The van der Waals surface area contributed by atoms with Crippen molar-refractivity contribution in [2.24, 2.45) is 0 Å². The molecule has 0 spiro atoms. The van der Waals surface area contributed by atoms with Crippen LogP contribution in [0.2, 0.25) is 10.0 Å². The summed E-state index contributed by atoms with van der Waals surface area (Å²) in [6.07, 6.45) is 0.752. The Balaban J connectivity index is 1.76. The van der Waals surface area contributed by atoms with Crippen LogP contribution in [0.4, 0.5) is 5.69 Å². The molecule has 1 heterocycles. The molecule has 136 valence electrons. The minimum Gasteiger partial charge on any atom is -0.489 e. The Morgan fingerprint density at radius 2 is 1.92 bits per heavy atom. The molecule has 0 atom stereocenters. The Hall–Kier alpha value is -2.51. The molecule has 1 aliphatic rings. The largest absolute Gasteiger partial charge is 0.489 e. The number of carbonyl (C=O) groups is 1. The van der Waals surface area contributed by atoms with E-state index in [4.69, 9.17) is 32.7 Å².